The van der Waals surface area contributed by atoms with Gasteiger partial charge in [0.1, 0.15) is 0 Å². The molecule has 1 fully saturated rings. The Hall–Kier alpha value is -3.52. The van der Waals surface area contributed by atoms with Crippen LogP contribution in [0.1, 0.15) is 69.2 Å². The van der Waals surface area contributed by atoms with Crippen LogP contribution in [0.5, 0.6) is 0 Å². The zero-order valence-electron chi connectivity index (χ0n) is 23.2. The first kappa shape index (κ1) is 26.1. The van der Waals surface area contributed by atoms with Crippen LogP contribution in [0, 0.1) is 20.8 Å². The molecule has 0 bridgehead atoms. The number of hydrogen-bond acceptors (Lipinski definition) is 5. The lowest BCUT2D eigenvalue weighted by Gasteiger charge is -2.39. The van der Waals surface area contributed by atoms with Crippen LogP contribution in [0.25, 0.3) is 0 Å². The highest BCUT2D eigenvalue weighted by Crippen LogP contribution is 2.42. The summed E-state index contributed by atoms with van der Waals surface area (Å²) < 4.78 is 7.77. The van der Waals surface area contributed by atoms with Gasteiger partial charge in [-0.25, -0.2) is 0 Å². The van der Waals surface area contributed by atoms with E-state index in [0.29, 0.717) is 12.0 Å². The number of aromatic nitrogens is 2. The van der Waals surface area contributed by atoms with Crippen LogP contribution in [-0.2, 0) is 31.3 Å². The Kier molecular flexibility index (Phi) is 7.09. The fourth-order valence-corrected chi connectivity index (χ4v) is 6.40. The minimum absolute atomic E-state index is 0.0597. The number of amides is 1. The second kappa shape index (κ2) is 10.3. The van der Waals surface area contributed by atoms with Crippen LogP contribution >= 0.6 is 0 Å². The average molecular weight is 518 g/mol. The van der Waals surface area contributed by atoms with Crippen LogP contribution < -0.4 is 21.1 Å². The molecule has 0 spiro atoms. The summed E-state index contributed by atoms with van der Waals surface area (Å²) >= 11 is 0. The number of benzene rings is 1. The van der Waals surface area contributed by atoms with Gasteiger partial charge in [-0.05, 0) is 74.9 Å². The molecule has 8 nitrogen and oxygen atoms in total. The van der Waals surface area contributed by atoms with Crippen molar-refractivity contribution in [2.45, 2.75) is 66.1 Å². The van der Waals surface area contributed by atoms with E-state index in [1.807, 2.05) is 40.0 Å². The normalized spacial score (nSPS) is 15.7. The lowest BCUT2D eigenvalue weighted by molar-refractivity contribution is 0.0845. The van der Waals surface area contributed by atoms with Gasteiger partial charge in [-0.2, -0.15) is 0 Å². The highest BCUT2D eigenvalue weighted by molar-refractivity contribution is 5.98. The Bertz CT molecular complexity index is 1410. The van der Waals surface area contributed by atoms with Gasteiger partial charge in [0.2, 0.25) is 5.91 Å². The number of primary amides is 1. The minimum Gasteiger partial charge on any atom is -0.381 e. The number of carbonyl (C=O) groups is 1. The second-order valence-corrected chi connectivity index (χ2v) is 10.8. The fraction of sp³-hybridized carbons (Fsp3) is 0.467. The molecule has 1 aromatic carbocycles. The molecule has 2 aliphatic rings. The number of pyridine rings is 1. The van der Waals surface area contributed by atoms with E-state index in [2.05, 4.69) is 38.7 Å². The minimum atomic E-state index is -0.429. The molecule has 202 valence electrons. The number of anilines is 2. The fourth-order valence-electron chi connectivity index (χ4n) is 6.40. The third-order valence-electron chi connectivity index (χ3n) is 8.20. The Morgan fingerprint density at radius 1 is 1.11 bits per heavy atom. The van der Waals surface area contributed by atoms with Crippen molar-refractivity contribution in [2.24, 2.45) is 12.8 Å². The monoisotopic (exact) mass is 517 g/mol. The van der Waals surface area contributed by atoms with E-state index in [1.54, 1.807) is 0 Å². The molecule has 3 N–H and O–H groups in total. The summed E-state index contributed by atoms with van der Waals surface area (Å²) in [5.41, 5.74) is 15.5. The molecule has 8 heteroatoms. The first-order valence-electron chi connectivity index (χ1n) is 13.6. The molecular weight excluding hydrogens is 478 g/mol. The molecule has 2 aromatic heterocycles. The number of rotatable bonds is 7. The third kappa shape index (κ3) is 4.73. The first-order valence-corrected chi connectivity index (χ1v) is 13.6. The topological polar surface area (TPSA) is 96.6 Å². The third-order valence-corrected chi connectivity index (χ3v) is 8.20. The van der Waals surface area contributed by atoms with Crippen LogP contribution in [0.4, 0.5) is 11.4 Å². The van der Waals surface area contributed by atoms with E-state index >= 15 is 0 Å². The number of aryl methyl sites for hydroxylation is 3. The number of hydrogen-bond donors (Lipinski definition) is 2. The van der Waals surface area contributed by atoms with Gasteiger partial charge in [-0.1, -0.05) is 0 Å². The number of H-pyrrole nitrogens is 1. The summed E-state index contributed by atoms with van der Waals surface area (Å²) in [6.45, 7) is 11.8. The summed E-state index contributed by atoms with van der Waals surface area (Å²) in [7, 11) is 2.04. The smallest absolute Gasteiger partial charge is 0.251 e. The van der Waals surface area contributed by atoms with Crippen molar-refractivity contribution in [2.75, 3.05) is 29.6 Å². The molecule has 1 amide bonds. The van der Waals surface area contributed by atoms with Gasteiger partial charge in [0.15, 0.2) is 0 Å². The van der Waals surface area contributed by atoms with E-state index in [1.165, 1.54) is 11.1 Å². The number of nitrogens with zero attached hydrogens (tertiary/aromatic N) is 3. The SMILES string of the molecule is CCN(c1c(C)c(C(N)=O)cc(N2Cc3cn(C)cc3C2)c1Cc1c(C)cc(C)[nH]c1=O)C1CCOCC1. The molecule has 1 saturated heterocycles. The highest BCUT2D eigenvalue weighted by Gasteiger charge is 2.31. The van der Waals surface area contributed by atoms with Crippen molar-refractivity contribution in [1.29, 1.82) is 0 Å². The number of ether oxygens (including phenoxy) is 1. The number of nitrogens with two attached hydrogens (primary N) is 1. The number of nitrogens with one attached hydrogen (secondary N) is 1. The zero-order valence-corrected chi connectivity index (χ0v) is 23.2. The standard InChI is InChI=1S/C30H39N5O3/c1-6-35(23-7-9-38-10-8-23)28-20(4)25(29(31)36)13-27(34-16-21-14-33(5)15-22(21)17-34)26(28)12-24-18(2)11-19(3)32-30(24)37/h11,13-15,23H,6-10,12,16-17H2,1-5H3,(H2,31,36)(H,32,37). The lowest BCUT2D eigenvalue weighted by atomic mass is 9.91. The molecule has 38 heavy (non-hydrogen) atoms. The molecule has 2 aliphatic heterocycles. The number of fused-ring (bicyclic) bond motifs is 1. The lowest BCUT2D eigenvalue weighted by Crippen LogP contribution is -2.41. The van der Waals surface area contributed by atoms with E-state index < -0.39 is 5.91 Å². The summed E-state index contributed by atoms with van der Waals surface area (Å²) in [5, 5.41) is 0. The van der Waals surface area contributed by atoms with Gasteiger partial charge in [0, 0.05) is 98.5 Å². The van der Waals surface area contributed by atoms with Crippen LogP contribution in [-0.4, -0.2) is 41.3 Å². The summed E-state index contributed by atoms with van der Waals surface area (Å²) in [4.78, 5) is 33.7. The summed E-state index contributed by atoms with van der Waals surface area (Å²) in [6, 6.07) is 4.28. The second-order valence-electron chi connectivity index (χ2n) is 10.8. The van der Waals surface area contributed by atoms with Crippen LogP contribution in [0.3, 0.4) is 0 Å². The Morgan fingerprint density at radius 3 is 2.34 bits per heavy atom. The van der Waals surface area contributed by atoms with E-state index in [0.717, 1.165) is 85.0 Å². The van der Waals surface area contributed by atoms with Gasteiger partial charge in [0.05, 0.1) is 0 Å². The van der Waals surface area contributed by atoms with Crippen molar-refractivity contribution in [1.82, 2.24) is 9.55 Å². The predicted octanol–water partition coefficient (Wildman–Crippen LogP) is 3.85. The van der Waals surface area contributed by atoms with Crippen molar-refractivity contribution in [3.8, 4) is 0 Å². The molecule has 0 unspecified atom stereocenters. The van der Waals surface area contributed by atoms with Gasteiger partial charge < -0.3 is 29.8 Å². The predicted molar refractivity (Wildman–Crippen MR) is 151 cm³/mol. The molecule has 0 saturated carbocycles. The van der Waals surface area contributed by atoms with Crippen LogP contribution in [0.15, 0.2) is 29.3 Å². The maximum atomic E-state index is 13.2. The zero-order chi connectivity index (χ0) is 27.1. The molecular formula is C30H39N5O3. The average Bonchev–Trinajstić information content (AvgIpc) is 3.41. The van der Waals surface area contributed by atoms with E-state index in [-0.39, 0.29) is 11.6 Å². The van der Waals surface area contributed by atoms with Crippen molar-refractivity contribution in [3.05, 3.63) is 79.5 Å². The quantitative estimate of drug-likeness (QED) is 0.496. The first-order chi connectivity index (χ1) is 18.2. The number of aromatic amines is 1. The largest absolute Gasteiger partial charge is 0.381 e. The maximum absolute atomic E-state index is 13.2. The van der Waals surface area contributed by atoms with Gasteiger partial charge in [0.25, 0.3) is 5.56 Å². The van der Waals surface area contributed by atoms with E-state index in [4.69, 9.17) is 10.5 Å². The van der Waals surface area contributed by atoms with Crippen molar-refractivity contribution < 1.29 is 9.53 Å². The highest BCUT2D eigenvalue weighted by atomic mass is 16.5. The molecule has 3 aromatic rings. The molecule has 0 aliphatic carbocycles. The summed E-state index contributed by atoms with van der Waals surface area (Å²) in [6.07, 6.45) is 6.63. The van der Waals surface area contributed by atoms with Crippen molar-refractivity contribution in [3.63, 3.8) is 0 Å². The van der Waals surface area contributed by atoms with Crippen LogP contribution in [0.2, 0.25) is 0 Å². The number of carbonyl (C=O) groups excluding carboxylic acids is 1. The van der Waals surface area contributed by atoms with Gasteiger partial charge in [-0.3, -0.25) is 9.59 Å². The molecule has 0 atom stereocenters. The molecule has 0 radical (unpaired) electrons. The van der Waals surface area contributed by atoms with Gasteiger partial charge in [-0.15, -0.1) is 0 Å². The Labute approximate surface area is 224 Å². The molecule has 4 heterocycles. The maximum Gasteiger partial charge on any atom is 0.251 e. The van der Waals surface area contributed by atoms with Crippen molar-refractivity contribution >= 4 is 17.3 Å². The van der Waals surface area contributed by atoms with Gasteiger partial charge >= 0.3 is 0 Å². The van der Waals surface area contributed by atoms with E-state index in [9.17, 15) is 9.59 Å². The Morgan fingerprint density at radius 2 is 1.76 bits per heavy atom. The summed E-state index contributed by atoms with van der Waals surface area (Å²) in [5.74, 6) is -0.429. The Balaban J connectivity index is 1.73. The molecule has 5 rings (SSSR count).